The largest absolute Gasteiger partial charge is 0.349 e. The number of rotatable bonds is 3. The monoisotopic (exact) mass is 339 g/mol. The molecule has 0 fully saturated rings. The van der Waals surface area contributed by atoms with Crippen LogP contribution in [0.25, 0.3) is 0 Å². The molecule has 23 heavy (non-hydrogen) atoms. The Morgan fingerprint density at radius 3 is 2.96 bits per heavy atom. The number of hydrogen-bond acceptors (Lipinski definition) is 2. The molecule has 0 radical (unpaired) electrons. The van der Waals surface area contributed by atoms with E-state index in [-0.39, 0.29) is 23.5 Å². The van der Waals surface area contributed by atoms with Gasteiger partial charge in [-0.25, -0.2) is 8.78 Å². The molecule has 1 aliphatic carbocycles. The lowest BCUT2D eigenvalue weighted by atomic mass is 9.87. The maximum Gasteiger partial charge on any atom is 0.225 e. The molecule has 0 unspecified atom stereocenters. The Hall–Kier alpha value is -1.95. The van der Waals surface area contributed by atoms with E-state index in [0.717, 1.165) is 12.5 Å². The van der Waals surface area contributed by atoms with Gasteiger partial charge in [0, 0.05) is 24.9 Å². The van der Waals surface area contributed by atoms with Gasteiger partial charge >= 0.3 is 0 Å². The topological polar surface area (TPSA) is 46.9 Å². The molecule has 1 aromatic carbocycles. The molecule has 1 N–H and O–H groups in total. The number of nitrogens with zero attached hydrogens (tertiary/aromatic N) is 2. The number of hydrogen-bond donors (Lipinski definition) is 1. The van der Waals surface area contributed by atoms with Crippen LogP contribution < -0.4 is 5.32 Å². The second-order valence-electron chi connectivity index (χ2n) is 5.76. The molecule has 4 nitrogen and oxygen atoms in total. The maximum atomic E-state index is 13.9. The molecule has 1 heterocycles. The zero-order valence-corrected chi connectivity index (χ0v) is 13.3. The number of aryl methyl sites for hydroxylation is 1. The van der Waals surface area contributed by atoms with Crippen LogP contribution in [-0.4, -0.2) is 15.7 Å². The van der Waals surface area contributed by atoms with E-state index >= 15 is 0 Å². The summed E-state index contributed by atoms with van der Waals surface area (Å²) < 4.78 is 28.9. The van der Waals surface area contributed by atoms with Crippen LogP contribution in [0, 0.1) is 11.6 Å². The van der Waals surface area contributed by atoms with Gasteiger partial charge in [-0.1, -0.05) is 11.6 Å². The van der Waals surface area contributed by atoms with E-state index in [0.29, 0.717) is 29.5 Å². The van der Waals surface area contributed by atoms with Gasteiger partial charge in [0.15, 0.2) is 5.15 Å². The van der Waals surface area contributed by atoms with Gasteiger partial charge in [0.1, 0.15) is 11.6 Å². The average molecular weight is 340 g/mol. The predicted octanol–water partition coefficient (Wildman–Crippen LogP) is 3.09. The molecule has 0 saturated heterocycles. The molecule has 122 valence electrons. The molecule has 2 aromatic rings. The van der Waals surface area contributed by atoms with Crippen molar-refractivity contribution >= 4 is 17.5 Å². The molecule has 0 bridgehead atoms. The van der Waals surface area contributed by atoms with Gasteiger partial charge in [0.05, 0.1) is 12.5 Å². The van der Waals surface area contributed by atoms with E-state index in [1.54, 1.807) is 13.2 Å². The molecule has 1 aromatic heterocycles. The Morgan fingerprint density at radius 2 is 2.26 bits per heavy atom. The highest BCUT2D eigenvalue weighted by molar-refractivity contribution is 6.30. The summed E-state index contributed by atoms with van der Waals surface area (Å²) in [4.78, 5) is 12.2. The van der Waals surface area contributed by atoms with Gasteiger partial charge in [-0.05, 0) is 36.5 Å². The minimum absolute atomic E-state index is 0.0797. The predicted molar refractivity (Wildman–Crippen MR) is 82.1 cm³/mol. The quantitative estimate of drug-likeness (QED) is 0.934. The summed E-state index contributed by atoms with van der Waals surface area (Å²) in [7, 11) is 1.72. The van der Waals surface area contributed by atoms with Crippen LogP contribution in [0.1, 0.15) is 35.6 Å². The Bertz CT molecular complexity index is 760. The Balaban J connectivity index is 1.77. The molecule has 1 amide bonds. The second kappa shape index (κ2) is 6.28. The summed E-state index contributed by atoms with van der Waals surface area (Å²) in [5, 5.41) is 7.10. The second-order valence-corrected chi connectivity index (χ2v) is 6.12. The zero-order chi connectivity index (χ0) is 16.6. The average Bonchev–Trinajstić information content (AvgIpc) is 2.77. The van der Waals surface area contributed by atoms with E-state index in [4.69, 9.17) is 11.6 Å². The Labute approximate surface area is 137 Å². The van der Waals surface area contributed by atoms with Crippen LogP contribution in [0.3, 0.4) is 0 Å². The van der Waals surface area contributed by atoms with Crippen LogP contribution in [0.2, 0.25) is 5.15 Å². The highest BCUT2D eigenvalue weighted by Crippen LogP contribution is 2.32. The van der Waals surface area contributed by atoms with Gasteiger partial charge in [-0.15, -0.1) is 0 Å². The van der Waals surface area contributed by atoms with Gasteiger partial charge < -0.3 is 5.32 Å². The number of amides is 1. The van der Waals surface area contributed by atoms with Crippen molar-refractivity contribution in [3.05, 3.63) is 51.8 Å². The molecule has 0 aliphatic heterocycles. The fraction of sp³-hybridized carbons (Fsp3) is 0.375. The van der Waals surface area contributed by atoms with Gasteiger partial charge in [-0.2, -0.15) is 5.10 Å². The zero-order valence-electron chi connectivity index (χ0n) is 12.6. The van der Waals surface area contributed by atoms with E-state index in [2.05, 4.69) is 10.4 Å². The maximum absolute atomic E-state index is 13.9. The lowest BCUT2D eigenvalue weighted by molar-refractivity contribution is -0.121. The number of fused-ring (bicyclic) bond motifs is 1. The fourth-order valence-electron chi connectivity index (χ4n) is 3.03. The normalized spacial score (nSPS) is 17.0. The summed E-state index contributed by atoms with van der Waals surface area (Å²) in [6.07, 6.45) is 3.71. The minimum Gasteiger partial charge on any atom is -0.349 e. The Kier molecular flexibility index (Phi) is 4.35. The van der Waals surface area contributed by atoms with Gasteiger partial charge in [-0.3, -0.25) is 9.48 Å². The van der Waals surface area contributed by atoms with Crippen molar-refractivity contribution in [2.75, 3.05) is 0 Å². The summed E-state index contributed by atoms with van der Waals surface area (Å²) >= 11 is 5.94. The number of benzene rings is 1. The smallest absolute Gasteiger partial charge is 0.225 e. The molecule has 3 rings (SSSR count). The minimum atomic E-state index is -0.627. The first-order valence-electron chi connectivity index (χ1n) is 7.39. The number of aromatic nitrogens is 2. The summed E-state index contributed by atoms with van der Waals surface area (Å²) in [5.74, 6) is -1.42. The highest BCUT2D eigenvalue weighted by atomic mass is 35.5. The number of carbonyl (C=O) groups is 1. The first-order valence-corrected chi connectivity index (χ1v) is 7.77. The van der Waals surface area contributed by atoms with Crippen LogP contribution >= 0.6 is 11.6 Å². The fourth-order valence-corrected chi connectivity index (χ4v) is 3.27. The molecule has 1 atom stereocenters. The molecule has 7 heteroatoms. The third-order valence-electron chi connectivity index (χ3n) is 4.03. The third kappa shape index (κ3) is 3.37. The van der Waals surface area contributed by atoms with Crippen molar-refractivity contribution in [1.82, 2.24) is 15.1 Å². The van der Waals surface area contributed by atoms with Crippen LogP contribution in [0.15, 0.2) is 18.3 Å². The Morgan fingerprint density at radius 1 is 1.48 bits per heavy atom. The van der Waals surface area contributed by atoms with Gasteiger partial charge in [0.25, 0.3) is 0 Å². The van der Waals surface area contributed by atoms with Gasteiger partial charge in [0.2, 0.25) is 5.91 Å². The summed E-state index contributed by atoms with van der Waals surface area (Å²) in [6.45, 7) is 0. The van der Waals surface area contributed by atoms with Crippen molar-refractivity contribution in [3.8, 4) is 0 Å². The summed E-state index contributed by atoms with van der Waals surface area (Å²) in [6, 6.07) is 1.81. The van der Waals surface area contributed by atoms with E-state index in [1.165, 1.54) is 10.7 Å². The lowest BCUT2D eigenvalue weighted by Crippen LogP contribution is -2.32. The van der Waals surface area contributed by atoms with Crippen LogP contribution in [0.4, 0.5) is 8.78 Å². The number of nitrogens with one attached hydrogen (secondary N) is 1. The van der Waals surface area contributed by atoms with Crippen molar-refractivity contribution in [1.29, 1.82) is 0 Å². The molecular weight excluding hydrogens is 324 g/mol. The van der Waals surface area contributed by atoms with E-state index in [9.17, 15) is 13.6 Å². The van der Waals surface area contributed by atoms with Crippen molar-refractivity contribution in [2.45, 2.75) is 31.7 Å². The summed E-state index contributed by atoms with van der Waals surface area (Å²) in [5.41, 5.74) is 1.63. The molecule has 0 saturated carbocycles. The van der Waals surface area contributed by atoms with Crippen LogP contribution in [-0.2, 0) is 24.7 Å². The number of halogens is 3. The first-order chi connectivity index (χ1) is 10.9. The number of carbonyl (C=O) groups excluding carboxylic acids is 1. The lowest BCUT2D eigenvalue weighted by Gasteiger charge is -2.26. The van der Waals surface area contributed by atoms with E-state index in [1.807, 2.05) is 0 Å². The van der Waals surface area contributed by atoms with Crippen molar-refractivity contribution in [2.24, 2.45) is 7.05 Å². The highest BCUT2D eigenvalue weighted by Gasteiger charge is 2.25. The van der Waals surface area contributed by atoms with E-state index < -0.39 is 11.6 Å². The SMILES string of the molecule is Cn1cc(CC(=O)N[C@@H]2CCCc3c(F)cc(F)cc32)c(Cl)n1. The third-order valence-corrected chi connectivity index (χ3v) is 4.35. The molecule has 1 aliphatic rings. The standard InChI is InChI=1S/C16H16ClF2N3O/c1-22-8-9(16(17)21-22)5-15(23)20-14-4-2-3-11-12(14)6-10(18)7-13(11)19/h6-8,14H,2-5H2,1H3,(H,20,23)/t14-/m1/s1. The first kappa shape index (κ1) is 15.9. The van der Waals surface area contributed by atoms with Crippen LogP contribution in [0.5, 0.6) is 0 Å². The molecule has 0 spiro atoms. The molecular formula is C16H16ClF2N3O. The van der Waals surface area contributed by atoms with Crippen molar-refractivity contribution in [3.63, 3.8) is 0 Å². The van der Waals surface area contributed by atoms with Crippen molar-refractivity contribution < 1.29 is 13.6 Å².